The molecule has 1 aromatic heterocycles. The number of nitrogens with zero attached hydrogens (tertiary/aromatic N) is 2. The maximum atomic E-state index is 12.6. The van der Waals surface area contributed by atoms with E-state index < -0.39 is 0 Å². The summed E-state index contributed by atoms with van der Waals surface area (Å²) in [5.41, 5.74) is 3.26. The molecule has 3 rings (SSSR count). The Morgan fingerprint density at radius 1 is 1.50 bits per heavy atom. The maximum absolute atomic E-state index is 12.6. The van der Waals surface area contributed by atoms with Crippen LogP contribution in [-0.4, -0.2) is 28.7 Å². The van der Waals surface area contributed by atoms with Gasteiger partial charge in [-0.2, -0.15) is 0 Å². The molecule has 0 amide bonds. The Morgan fingerprint density at radius 3 is 3.05 bits per heavy atom. The van der Waals surface area contributed by atoms with Crippen molar-refractivity contribution in [2.24, 2.45) is 0 Å². The molecule has 5 heteroatoms. The molecule has 2 aromatic rings. The van der Waals surface area contributed by atoms with Crippen molar-refractivity contribution in [2.45, 2.75) is 19.5 Å². The van der Waals surface area contributed by atoms with E-state index in [0.29, 0.717) is 11.7 Å². The van der Waals surface area contributed by atoms with Crippen molar-refractivity contribution < 1.29 is 0 Å². The van der Waals surface area contributed by atoms with Crippen LogP contribution in [0.25, 0.3) is 10.9 Å². The number of para-hydroxylation sites is 1. The molecule has 0 saturated heterocycles. The monoisotopic (exact) mass is 287 g/mol. The molecule has 104 valence electrons. The topological polar surface area (TPSA) is 37.3 Å². The van der Waals surface area contributed by atoms with Gasteiger partial charge in [0.05, 0.1) is 12.1 Å². The van der Waals surface area contributed by atoms with Crippen molar-refractivity contribution in [1.82, 2.24) is 14.8 Å². The van der Waals surface area contributed by atoms with E-state index in [9.17, 15) is 4.79 Å². The lowest BCUT2D eigenvalue weighted by Crippen LogP contribution is -2.36. The van der Waals surface area contributed by atoms with Gasteiger partial charge in [-0.05, 0) is 35.7 Å². The first kappa shape index (κ1) is 13.1. The van der Waals surface area contributed by atoms with Crippen LogP contribution in [0.1, 0.15) is 11.1 Å². The lowest BCUT2D eigenvalue weighted by molar-refractivity contribution is 0.489. The molecule has 1 aliphatic heterocycles. The first-order valence-electron chi connectivity index (χ1n) is 6.69. The van der Waals surface area contributed by atoms with Gasteiger partial charge in [0.15, 0.2) is 5.11 Å². The van der Waals surface area contributed by atoms with Crippen LogP contribution in [-0.2, 0) is 19.5 Å². The third kappa shape index (κ3) is 1.98. The Kier molecular flexibility index (Phi) is 3.22. The fourth-order valence-corrected chi connectivity index (χ4v) is 2.92. The highest BCUT2D eigenvalue weighted by Crippen LogP contribution is 2.24. The summed E-state index contributed by atoms with van der Waals surface area (Å²) < 4.78 is 1.90. The molecule has 0 radical (unpaired) electrons. The van der Waals surface area contributed by atoms with Crippen molar-refractivity contribution in [2.75, 3.05) is 14.1 Å². The Hall–Kier alpha value is -1.88. The molecule has 1 N–H and O–H groups in total. The van der Waals surface area contributed by atoms with Crippen LogP contribution in [0.4, 0.5) is 0 Å². The van der Waals surface area contributed by atoms with Gasteiger partial charge in [-0.1, -0.05) is 18.2 Å². The summed E-state index contributed by atoms with van der Waals surface area (Å²) in [5.74, 6) is 0. The van der Waals surface area contributed by atoms with Crippen molar-refractivity contribution in [1.29, 1.82) is 0 Å². The Morgan fingerprint density at radius 2 is 2.30 bits per heavy atom. The zero-order chi connectivity index (χ0) is 14.3. The van der Waals surface area contributed by atoms with Crippen LogP contribution in [0.5, 0.6) is 0 Å². The normalized spacial score (nSPS) is 12.7. The number of hydrogen-bond donors (Lipinski definition) is 1. The smallest absolute Gasteiger partial charge is 0.256 e. The molecule has 0 saturated carbocycles. The van der Waals surface area contributed by atoms with Gasteiger partial charge in [-0.25, -0.2) is 0 Å². The summed E-state index contributed by atoms with van der Waals surface area (Å²) in [5, 5.41) is 4.70. The second kappa shape index (κ2) is 4.90. The Balaban J connectivity index is 2.09. The Labute approximate surface area is 123 Å². The molecular weight excluding hydrogens is 270 g/mol. The molecule has 0 atom stereocenters. The minimum atomic E-state index is 0.105. The van der Waals surface area contributed by atoms with E-state index in [4.69, 9.17) is 12.2 Å². The van der Waals surface area contributed by atoms with Crippen molar-refractivity contribution in [3.8, 4) is 0 Å². The number of thiocarbonyl (C=S) groups is 1. The van der Waals surface area contributed by atoms with Gasteiger partial charge in [0.1, 0.15) is 0 Å². The molecule has 4 nitrogen and oxygen atoms in total. The molecule has 0 spiro atoms. The predicted molar refractivity (Wildman–Crippen MR) is 85.0 cm³/mol. The van der Waals surface area contributed by atoms with Gasteiger partial charge in [0.25, 0.3) is 5.56 Å². The summed E-state index contributed by atoms with van der Waals surface area (Å²) >= 11 is 5.19. The van der Waals surface area contributed by atoms with Crippen LogP contribution in [0.3, 0.4) is 0 Å². The molecule has 0 aliphatic carbocycles. The van der Waals surface area contributed by atoms with Crippen LogP contribution in [0, 0.1) is 0 Å². The fraction of sp³-hybridized carbons (Fsp3) is 0.333. The lowest BCUT2D eigenvalue weighted by atomic mass is 10.1. The van der Waals surface area contributed by atoms with E-state index in [1.165, 1.54) is 5.56 Å². The average molecular weight is 287 g/mol. The number of pyridine rings is 1. The van der Waals surface area contributed by atoms with Crippen LogP contribution in [0.15, 0.2) is 29.1 Å². The molecule has 1 aliphatic rings. The van der Waals surface area contributed by atoms with E-state index in [2.05, 4.69) is 23.5 Å². The highest BCUT2D eigenvalue weighted by molar-refractivity contribution is 7.80. The van der Waals surface area contributed by atoms with Crippen molar-refractivity contribution in [3.05, 3.63) is 45.7 Å². The first-order valence-corrected chi connectivity index (χ1v) is 7.10. The van der Waals surface area contributed by atoms with Crippen LogP contribution < -0.4 is 10.9 Å². The van der Waals surface area contributed by atoms with Gasteiger partial charge in [-0.3, -0.25) is 4.79 Å². The van der Waals surface area contributed by atoms with Gasteiger partial charge >= 0.3 is 0 Å². The average Bonchev–Trinajstić information content (AvgIpc) is 2.89. The molecule has 1 aromatic carbocycles. The molecular formula is C15H17N3OS. The second-order valence-electron chi connectivity index (χ2n) is 5.14. The summed E-state index contributed by atoms with van der Waals surface area (Å²) in [6.45, 7) is 1.31. The molecule has 20 heavy (non-hydrogen) atoms. The minimum Gasteiger partial charge on any atom is -0.366 e. The third-order valence-electron chi connectivity index (χ3n) is 3.84. The number of hydrogen-bond acceptors (Lipinski definition) is 2. The van der Waals surface area contributed by atoms with Gasteiger partial charge in [0, 0.05) is 26.2 Å². The zero-order valence-corrected chi connectivity index (χ0v) is 12.5. The van der Waals surface area contributed by atoms with Crippen LogP contribution in [0.2, 0.25) is 0 Å². The molecule has 0 unspecified atom stereocenters. The van der Waals surface area contributed by atoms with E-state index >= 15 is 0 Å². The zero-order valence-electron chi connectivity index (χ0n) is 11.6. The van der Waals surface area contributed by atoms with E-state index in [0.717, 1.165) is 29.4 Å². The van der Waals surface area contributed by atoms with Crippen molar-refractivity contribution >= 4 is 28.2 Å². The number of nitrogens with one attached hydrogen (secondary N) is 1. The van der Waals surface area contributed by atoms with Gasteiger partial charge < -0.3 is 14.8 Å². The summed E-state index contributed by atoms with van der Waals surface area (Å²) in [7, 11) is 3.68. The number of aromatic nitrogens is 1. The van der Waals surface area contributed by atoms with E-state index in [1.807, 2.05) is 22.6 Å². The maximum Gasteiger partial charge on any atom is 0.256 e. The summed E-state index contributed by atoms with van der Waals surface area (Å²) in [4.78, 5) is 14.4. The predicted octanol–water partition coefficient (Wildman–Crippen LogP) is 1.49. The first-order chi connectivity index (χ1) is 9.61. The standard InChI is InChI=1S/C15H17N3OS/c1-16-15(20)17(2)9-12-8-11-5-3-4-10-6-7-18(13(10)11)14(12)19/h3-5,8H,6-7,9H2,1-2H3,(H,16,20). The molecule has 0 fully saturated rings. The molecule has 0 bridgehead atoms. The molecule has 2 heterocycles. The fourth-order valence-electron chi connectivity index (χ4n) is 2.86. The number of benzene rings is 1. The highest BCUT2D eigenvalue weighted by atomic mass is 32.1. The lowest BCUT2D eigenvalue weighted by Gasteiger charge is -2.19. The van der Waals surface area contributed by atoms with Crippen LogP contribution >= 0.6 is 12.2 Å². The SMILES string of the molecule is CNC(=S)N(C)Cc1cc2cccc3c2n(c1=O)CC3. The van der Waals surface area contributed by atoms with Gasteiger partial charge in [0.2, 0.25) is 0 Å². The van der Waals surface area contributed by atoms with Gasteiger partial charge in [-0.15, -0.1) is 0 Å². The van der Waals surface area contributed by atoms with E-state index in [-0.39, 0.29) is 5.56 Å². The van der Waals surface area contributed by atoms with E-state index in [1.54, 1.807) is 7.05 Å². The Bertz CT molecular complexity index is 751. The number of rotatable bonds is 2. The summed E-state index contributed by atoms with van der Waals surface area (Å²) in [6.07, 6.45) is 0.945. The second-order valence-corrected chi connectivity index (χ2v) is 5.53. The minimum absolute atomic E-state index is 0.105. The summed E-state index contributed by atoms with van der Waals surface area (Å²) in [6, 6.07) is 8.23. The highest BCUT2D eigenvalue weighted by Gasteiger charge is 2.18. The number of aryl methyl sites for hydroxylation is 2. The van der Waals surface area contributed by atoms with Crippen molar-refractivity contribution in [3.63, 3.8) is 0 Å². The quantitative estimate of drug-likeness (QED) is 0.849. The largest absolute Gasteiger partial charge is 0.366 e. The third-order valence-corrected chi connectivity index (χ3v) is 4.36.